The Morgan fingerprint density at radius 1 is 0.348 bits per heavy atom. The highest BCUT2D eigenvalue weighted by Gasteiger charge is 2.22. The van der Waals surface area contributed by atoms with E-state index in [4.69, 9.17) is 18.9 Å². The number of aliphatic carboxylic acids is 1. The number of quaternary nitrogens is 1. The first-order valence-electron chi connectivity index (χ1n) is 37.0. The van der Waals surface area contributed by atoms with Gasteiger partial charge in [0.25, 0.3) is 0 Å². The van der Waals surface area contributed by atoms with Crippen LogP contribution < -0.4 is 5.11 Å². The van der Waals surface area contributed by atoms with Gasteiger partial charge >= 0.3 is 11.9 Å². The number of carbonyl (C=O) groups is 3. The summed E-state index contributed by atoms with van der Waals surface area (Å²) in [6, 6.07) is 0. The van der Waals surface area contributed by atoms with E-state index in [0.717, 1.165) is 89.9 Å². The summed E-state index contributed by atoms with van der Waals surface area (Å²) in [5.41, 5.74) is 0. The van der Waals surface area contributed by atoms with Crippen molar-refractivity contribution in [3.63, 3.8) is 0 Å². The van der Waals surface area contributed by atoms with Gasteiger partial charge in [-0.2, -0.15) is 0 Å². The molecule has 0 N–H and O–H groups in total. The Morgan fingerprint density at radius 3 is 0.955 bits per heavy atom. The molecule has 0 spiro atoms. The molecule has 0 heterocycles. The van der Waals surface area contributed by atoms with Crippen LogP contribution in [0.5, 0.6) is 0 Å². The topological polar surface area (TPSA) is 111 Å². The third-order valence-corrected chi connectivity index (χ3v) is 16.0. The summed E-state index contributed by atoms with van der Waals surface area (Å²) in [5.74, 6) is -2.27. The van der Waals surface area contributed by atoms with Gasteiger partial charge in [-0.15, -0.1) is 0 Å². The summed E-state index contributed by atoms with van der Waals surface area (Å²) in [4.78, 5) is 37.5. The van der Waals surface area contributed by atoms with Crippen LogP contribution in [0, 0.1) is 0 Å². The van der Waals surface area contributed by atoms with Crippen molar-refractivity contribution in [1.29, 1.82) is 0 Å². The lowest BCUT2D eigenvalue weighted by atomic mass is 10.0. The minimum Gasteiger partial charge on any atom is -0.545 e. The first-order chi connectivity index (χ1) is 43.6. The Labute approximate surface area is 549 Å². The van der Waals surface area contributed by atoms with Gasteiger partial charge in [0.05, 0.1) is 40.3 Å². The Bertz CT molecular complexity index is 1830. The molecule has 0 aromatic carbocycles. The van der Waals surface area contributed by atoms with Gasteiger partial charge in [-0.05, 0) is 103 Å². The minimum atomic E-state index is -1.63. The Balaban J connectivity index is 4.08. The highest BCUT2D eigenvalue weighted by atomic mass is 16.7. The highest BCUT2D eigenvalue weighted by molar-refractivity contribution is 5.70. The first kappa shape index (κ1) is 85.0. The fraction of sp³-hybridized carbons (Fsp3) is 0.738. The second kappa shape index (κ2) is 69.8. The van der Waals surface area contributed by atoms with Gasteiger partial charge < -0.3 is 33.3 Å². The molecule has 512 valence electrons. The van der Waals surface area contributed by atoms with Crippen molar-refractivity contribution in [1.82, 2.24) is 0 Å². The van der Waals surface area contributed by atoms with Gasteiger partial charge in [0, 0.05) is 12.8 Å². The fourth-order valence-corrected chi connectivity index (χ4v) is 10.4. The Hall–Kier alpha value is -4.05. The molecule has 0 radical (unpaired) electrons. The first-order valence-corrected chi connectivity index (χ1v) is 37.0. The predicted molar refractivity (Wildman–Crippen MR) is 380 cm³/mol. The minimum absolute atomic E-state index is 0.145. The number of carbonyl (C=O) groups excluding carboxylic acids is 3. The van der Waals surface area contributed by atoms with Crippen molar-refractivity contribution in [3.8, 4) is 0 Å². The molecule has 0 rings (SSSR count). The molecular formula is C80H139NO8. The SMILES string of the molecule is CC/C=C\C/C=C\C/C=C\C/C=C\C/C=C\C/C=C\C/C=C\CCCCCCCCCCCCCCCCCC(=O)OC(COC(=O)CCCCCCCCCCCCCCCCC/C=C\C/C=C\CCCCCCC)COC(OCC[N+](C)(C)C)C(=O)[O-]. The average Bonchev–Trinajstić information content (AvgIpc) is 3.70. The van der Waals surface area contributed by atoms with Crippen molar-refractivity contribution in [2.75, 3.05) is 47.5 Å². The monoisotopic (exact) mass is 1240 g/mol. The number of unbranched alkanes of at least 4 members (excludes halogenated alkanes) is 35. The van der Waals surface area contributed by atoms with Crippen LogP contribution in [0.2, 0.25) is 0 Å². The molecular weight excluding hydrogens is 1100 g/mol. The summed E-state index contributed by atoms with van der Waals surface area (Å²) in [7, 11) is 5.94. The summed E-state index contributed by atoms with van der Waals surface area (Å²) in [5, 5.41) is 11.8. The van der Waals surface area contributed by atoms with Crippen LogP contribution in [0.3, 0.4) is 0 Å². The number of allylic oxidation sites excluding steroid dienone is 18. The Kier molecular flexibility index (Phi) is 66.7. The molecule has 0 saturated heterocycles. The van der Waals surface area contributed by atoms with Crippen LogP contribution in [0.4, 0.5) is 0 Å². The molecule has 9 heteroatoms. The van der Waals surface area contributed by atoms with E-state index in [1.54, 1.807) is 0 Å². The lowest BCUT2D eigenvalue weighted by molar-refractivity contribution is -0.870. The number of likely N-dealkylation sites (N-methyl/N-ethyl adjacent to an activating group) is 1. The van der Waals surface area contributed by atoms with Crippen LogP contribution in [-0.2, 0) is 33.3 Å². The van der Waals surface area contributed by atoms with E-state index in [9.17, 15) is 19.5 Å². The van der Waals surface area contributed by atoms with Gasteiger partial charge in [0.2, 0.25) is 0 Å². The van der Waals surface area contributed by atoms with Crippen LogP contribution in [0.1, 0.15) is 322 Å². The van der Waals surface area contributed by atoms with Gasteiger partial charge in [0.15, 0.2) is 12.4 Å². The number of nitrogens with zero attached hydrogens (tertiary/aromatic N) is 1. The maximum absolute atomic E-state index is 13.0. The molecule has 0 aromatic heterocycles. The van der Waals surface area contributed by atoms with Crippen LogP contribution in [-0.4, -0.2) is 82.3 Å². The van der Waals surface area contributed by atoms with Crippen LogP contribution >= 0.6 is 0 Å². The van der Waals surface area contributed by atoms with Crippen molar-refractivity contribution in [3.05, 3.63) is 109 Å². The van der Waals surface area contributed by atoms with Crippen molar-refractivity contribution in [2.45, 2.75) is 334 Å². The zero-order valence-electron chi connectivity index (χ0n) is 58.5. The molecule has 2 atom stereocenters. The van der Waals surface area contributed by atoms with Gasteiger partial charge in [-0.25, -0.2) is 0 Å². The quantitative estimate of drug-likeness (QED) is 0.0195. The van der Waals surface area contributed by atoms with E-state index in [-0.39, 0.29) is 32.2 Å². The fourth-order valence-electron chi connectivity index (χ4n) is 10.4. The largest absolute Gasteiger partial charge is 0.545 e. The van der Waals surface area contributed by atoms with Gasteiger partial charge in [0.1, 0.15) is 13.2 Å². The van der Waals surface area contributed by atoms with Gasteiger partial charge in [-0.3, -0.25) is 9.59 Å². The average molecular weight is 1240 g/mol. The van der Waals surface area contributed by atoms with E-state index in [1.165, 1.54) is 199 Å². The molecule has 0 saturated carbocycles. The molecule has 0 aromatic rings. The third-order valence-electron chi connectivity index (χ3n) is 16.0. The summed E-state index contributed by atoms with van der Waals surface area (Å²) in [6.07, 6.45) is 94.6. The molecule has 2 unspecified atom stereocenters. The standard InChI is InChI=1S/C80H139NO8/c1-6-8-10-12-14-16-18-20-22-24-26-28-30-32-34-35-36-37-38-39-40-41-42-43-45-47-49-51-53-55-57-59-61-63-65-67-69-71-78(83)89-76(75-88-80(79(84)85)86-73-72-81(3,4)5)74-87-77(82)70-68-66-64-62-60-58-56-54-52-50-48-46-44-33-31-29-27-25-23-21-19-17-15-13-11-9-7-2/h8,10,14,16,19-22,25-28,32,34,36-37,39-40,76,80H,6-7,9,11-13,15,17-18,23-24,29-31,33,35,38,41-75H2,1-5H3/b10-8-,16-14-,21-19-,22-20-,27-25-,28-26-,34-32-,37-36-,40-39-. The maximum Gasteiger partial charge on any atom is 0.306 e. The van der Waals surface area contributed by atoms with E-state index in [1.807, 2.05) is 21.1 Å². The predicted octanol–water partition coefficient (Wildman–Crippen LogP) is 22.0. The molecule has 0 aliphatic heterocycles. The number of rotatable bonds is 68. The number of esters is 2. The normalized spacial score (nSPS) is 13.3. The molecule has 0 fully saturated rings. The second-order valence-corrected chi connectivity index (χ2v) is 25.9. The molecule has 0 amide bonds. The number of hydrogen-bond acceptors (Lipinski definition) is 8. The maximum atomic E-state index is 13.0. The number of ether oxygens (including phenoxy) is 4. The Morgan fingerprint density at radius 2 is 0.640 bits per heavy atom. The number of carboxylic acids is 1. The molecule has 89 heavy (non-hydrogen) atoms. The van der Waals surface area contributed by atoms with Crippen molar-refractivity contribution >= 4 is 17.9 Å². The lowest BCUT2D eigenvalue weighted by Gasteiger charge is -2.26. The highest BCUT2D eigenvalue weighted by Crippen LogP contribution is 2.18. The number of carboxylic acid groups (broad SMARTS) is 1. The van der Waals surface area contributed by atoms with E-state index in [0.29, 0.717) is 23.9 Å². The lowest BCUT2D eigenvalue weighted by Crippen LogP contribution is -2.44. The third kappa shape index (κ3) is 71.3. The van der Waals surface area contributed by atoms with E-state index >= 15 is 0 Å². The molecule has 0 aliphatic rings. The van der Waals surface area contributed by atoms with E-state index in [2.05, 4.69) is 123 Å². The molecule has 9 nitrogen and oxygen atoms in total. The summed E-state index contributed by atoms with van der Waals surface area (Å²) in [6.45, 7) is 4.66. The van der Waals surface area contributed by atoms with Crippen molar-refractivity contribution in [2.24, 2.45) is 0 Å². The smallest absolute Gasteiger partial charge is 0.306 e. The molecule has 0 aliphatic carbocycles. The zero-order chi connectivity index (χ0) is 64.7. The van der Waals surface area contributed by atoms with E-state index < -0.39 is 24.3 Å². The molecule has 0 bridgehead atoms. The van der Waals surface area contributed by atoms with Crippen LogP contribution in [0.25, 0.3) is 0 Å². The van der Waals surface area contributed by atoms with Gasteiger partial charge in [-0.1, -0.05) is 316 Å². The second-order valence-electron chi connectivity index (χ2n) is 25.9. The summed E-state index contributed by atoms with van der Waals surface area (Å²) >= 11 is 0. The van der Waals surface area contributed by atoms with Crippen molar-refractivity contribution < 1.29 is 42.9 Å². The summed E-state index contributed by atoms with van der Waals surface area (Å²) < 4.78 is 22.8. The zero-order valence-corrected chi connectivity index (χ0v) is 58.5. The number of hydrogen-bond donors (Lipinski definition) is 0. The van der Waals surface area contributed by atoms with Crippen LogP contribution in [0.15, 0.2) is 109 Å².